The molecule has 0 heterocycles. The molecular weight excluding hydrogens is 261 g/mol. The summed E-state index contributed by atoms with van der Waals surface area (Å²) in [4.78, 5) is 12.7. The molecule has 0 saturated heterocycles. The lowest BCUT2D eigenvalue weighted by Crippen LogP contribution is -2.32. The minimum atomic E-state index is -4.47. The van der Waals surface area contributed by atoms with Crippen molar-refractivity contribution < 1.29 is 22.7 Å². The van der Waals surface area contributed by atoms with E-state index in [0.29, 0.717) is 5.69 Å². The molecule has 0 unspecified atom stereocenters. The predicted molar refractivity (Wildman–Crippen MR) is 61.4 cm³/mol. The van der Waals surface area contributed by atoms with E-state index >= 15 is 0 Å². The Kier molecular flexibility index (Phi) is 4.89. The Morgan fingerprint density at radius 2 is 2.05 bits per heavy atom. The van der Waals surface area contributed by atoms with Gasteiger partial charge in [-0.2, -0.15) is 18.4 Å². The molecule has 1 amide bonds. The second-order valence-electron chi connectivity index (χ2n) is 3.69. The largest absolute Gasteiger partial charge is 0.411 e. The standard InChI is InChI=1S/C12H11F3N2O2/c1-17(10-5-3-2-4-9(10)6-16)11(18)7-19-8-12(13,14)15/h2-5H,7-8H2,1H3. The third-order valence-corrected chi connectivity index (χ3v) is 2.25. The number of carbonyl (C=O) groups excluding carboxylic acids is 1. The fraction of sp³-hybridized carbons (Fsp3) is 0.333. The van der Waals surface area contributed by atoms with Crippen molar-refractivity contribution in [1.29, 1.82) is 5.26 Å². The Balaban J connectivity index is 2.65. The van der Waals surface area contributed by atoms with Gasteiger partial charge in [-0.25, -0.2) is 0 Å². The number of rotatable bonds is 4. The second-order valence-corrected chi connectivity index (χ2v) is 3.69. The summed E-state index contributed by atoms with van der Waals surface area (Å²) in [5.41, 5.74) is 0.583. The molecule has 4 nitrogen and oxygen atoms in total. The zero-order valence-electron chi connectivity index (χ0n) is 10.1. The Hall–Kier alpha value is -2.07. The molecule has 1 rings (SSSR count). The van der Waals surface area contributed by atoms with Gasteiger partial charge in [0.1, 0.15) is 19.3 Å². The summed E-state index contributed by atoms with van der Waals surface area (Å²) < 4.78 is 39.8. The first kappa shape index (κ1) is 15.0. The van der Waals surface area contributed by atoms with Crippen LogP contribution in [0.25, 0.3) is 0 Å². The lowest BCUT2D eigenvalue weighted by molar-refractivity contribution is -0.175. The first-order chi connectivity index (χ1) is 8.85. The van der Waals surface area contributed by atoms with Crippen molar-refractivity contribution in [2.24, 2.45) is 0 Å². The molecule has 0 atom stereocenters. The number of carbonyl (C=O) groups is 1. The van der Waals surface area contributed by atoms with Crippen molar-refractivity contribution in [3.05, 3.63) is 29.8 Å². The van der Waals surface area contributed by atoms with E-state index in [1.807, 2.05) is 6.07 Å². The number of ether oxygens (including phenoxy) is 1. The maximum absolute atomic E-state index is 11.9. The fourth-order valence-corrected chi connectivity index (χ4v) is 1.35. The molecule has 7 heteroatoms. The fourth-order valence-electron chi connectivity index (χ4n) is 1.35. The number of likely N-dealkylation sites (N-methyl/N-ethyl adjacent to an activating group) is 1. The highest BCUT2D eigenvalue weighted by Gasteiger charge is 2.28. The van der Waals surface area contributed by atoms with Crippen LogP contribution in [0.3, 0.4) is 0 Å². The molecule has 1 aromatic rings. The maximum atomic E-state index is 11.9. The van der Waals surface area contributed by atoms with Crippen LogP contribution >= 0.6 is 0 Å². The number of nitrogens with zero attached hydrogens (tertiary/aromatic N) is 2. The highest BCUT2D eigenvalue weighted by molar-refractivity contribution is 5.95. The molecule has 0 aliphatic carbocycles. The average molecular weight is 272 g/mol. The van der Waals surface area contributed by atoms with Crippen molar-refractivity contribution >= 4 is 11.6 Å². The number of nitriles is 1. The molecule has 0 saturated carbocycles. The normalized spacial score (nSPS) is 10.9. The van der Waals surface area contributed by atoms with Gasteiger partial charge in [-0.15, -0.1) is 0 Å². The summed E-state index contributed by atoms with van der Waals surface area (Å²) in [6, 6.07) is 8.18. The molecule has 0 spiro atoms. The summed E-state index contributed by atoms with van der Waals surface area (Å²) in [6.07, 6.45) is -4.47. The number of para-hydroxylation sites is 1. The minimum Gasteiger partial charge on any atom is -0.362 e. The molecule has 0 bridgehead atoms. The van der Waals surface area contributed by atoms with E-state index < -0.39 is 25.3 Å². The molecule has 1 aromatic carbocycles. The van der Waals surface area contributed by atoms with Crippen LogP contribution in [0.2, 0.25) is 0 Å². The number of hydrogen-bond donors (Lipinski definition) is 0. The van der Waals surface area contributed by atoms with Crippen LogP contribution in [0, 0.1) is 11.3 Å². The Morgan fingerprint density at radius 3 is 2.63 bits per heavy atom. The zero-order chi connectivity index (χ0) is 14.5. The number of hydrogen-bond acceptors (Lipinski definition) is 3. The zero-order valence-corrected chi connectivity index (χ0v) is 10.1. The van der Waals surface area contributed by atoms with Gasteiger partial charge in [0.25, 0.3) is 5.91 Å². The predicted octanol–water partition coefficient (Wildman–Crippen LogP) is 2.10. The molecule has 19 heavy (non-hydrogen) atoms. The summed E-state index contributed by atoms with van der Waals surface area (Å²) in [5.74, 6) is -0.660. The number of benzene rings is 1. The molecule has 102 valence electrons. The number of alkyl halides is 3. The number of anilines is 1. The SMILES string of the molecule is CN(C(=O)COCC(F)(F)F)c1ccccc1C#N. The van der Waals surface area contributed by atoms with Gasteiger partial charge in [0.2, 0.25) is 0 Å². The molecule has 0 aliphatic heterocycles. The lowest BCUT2D eigenvalue weighted by Gasteiger charge is -2.18. The molecule has 0 N–H and O–H groups in total. The highest BCUT2D eigenvalue weighted by Crippen LogP contribution is 2.18. The van der Waals surface area contributed by atoms with E-state index in [1.54, 1.807) is 12.1 Å². The molecule has 0 fully saturated rings. The summed E-state index contributed by atoms with van der Waals surface area (Å²) in [7, 11) is 1.37. The van der Waals surface area contributed by atoms with Gasteiger partial charge in [0.05, 0.1) is 11.3 Å². The Bertz CT molecular complexity index is 494. The quantitative estimate of drug-likeness (QED) is 0.843. The molecular formula is C12H11F3N2O2. The number of halogens is 3. The van der Waals surface area contributed by atoms with Gasteiger partial charge in [-0.1, -0.05) is 12.1 Å². The van der Waals surface area contributed by atoms with Crippen LogP contribution in [0.15, 0.2) is 24.3 Å². The monoisotopic (exact) mass is 272 g/mol. The maximum Gasteiger partial charge on any atom is 0.411 e. The third kappa shape index (κ3) is 4.60. The van der Waals surface area contributed by atoms with Crippen molar-refractivity contribution in [2.45, 2.75) is 6.18 Å². The average Bonchev–Trinajstić information content (AvgIpc) is 2.36. The highest BCUT2D eigenvalue weighted by atomic mass is 19.4. The Labute approximate surface area is 108 Å². The third-order valence-electron chi connectivity index (χ3n) is 2.25. The van der Waals surface area contributed by atoms with Crippen LogP contribution < -0.4 is 4.90 Å². The van der Waals surface area contributed by atoms with Crippen molar-refractivity contribution in [3.8, 4) is 6.07 Å². The van der Waals surface area contributed by atoms with Crippen molar-refractivity contribution in [2.75, 3.05) is 25.2 Å². The van der Waals surface area contributed by atoms with Crippen molar-refractivity contribution in [1.82, 2.24) is 0 Å². The van der Waals surface area contributed by atoms with E-state index in [0.717, 1.165) is 4.90 Å². The van der Waals surface area contributed by atoms with Crippen LogP contribution in [-0.4, -0.2) is 32.3 Å². The van der Waals surface area contributed by atoms with Gasteiger partial charge in [-0.05, 0) is 12.1 Å². The smallest absolute Gasteiger partial charge is 0.362 e. The molecule has 0 aliphatic rings. The minimum absolute atomic E-state index is 0.258. The van der Waals surface area contributed by atoms with Gasteiger partial charge in [0.15, 0.2) is 0 Å². The van der Waals surface area contributed by atoms with E-state index in [1.165, 1.54) is 19.2 Å². The van der Waals surface area contributed by atoms with E-state index in [9.17, 15) is 18.0 Å². The summed E-state index contributed by atoms with van der Waals surface area (Å²) >= 11 is 0. The van der Waals surface area contributed by atoms with E-state index in [2.05, 4.69) is 4.74 Å². The second kappa shape index (κ2) is 6.20. The van der Waals surface area contributed by atoms with Gasteiger partial charge < -0.3 is 9.64 Å². The first-order valence-electron chi connectivity index (χ1n) is 5.25. The molecule has 0 aromatic heterocycles. The van der Waals surface area contributed by atoms with Crippen LogP contribution in [0.4, 0.5) is 18.9 Å². The first-order valence-corrected chi connectivity index (χ1v) is 5.25. The summed E-state index contributed by atoms with van der Waals surface area (Å²) in [6.45, 7) is -2.18. The topological polar surface area (TPSA) is 53.3 Å². The Morgan fingerprint density at radius 1 is 1.42 bits per heavy atom. The van der Waals surface area contributed by atoms with E-state index in [4.69, 9.17) is 5.26 Å². The van der Waals surface area contributed by atoms with Gasteiger partial charge in [-0.3, -0.25) is 4.79 Å². The van der Waals surface area contributed by atoms with Crippen LogP contribution in [-0.2, 0) is 9.53 Å². The molecule has 0 radical (unpaired) electrons. The van der Waals surface area contributed by atoms with E-state index in [-0.39, 0.29) is 5.56 Å². The van der Waals surface area contributed by atoms with Crippen LogP contribution in [0.5, 0.6) is 0 Å². The van der Waals surface area contributed by atoms with Gasteiger partial charge >= 0.3 is 6.18 Å². The lowest BCUT2D eigenvalue weighted by atomic mass is 10.2. The van der Waals surface area contributed by atoms with Crippen LogP contribution in [0.1, 0.15) is 5.56 Å². The summed E-state index contributed by atoms with van der Waals surface area (Å²) in [5, 5.41) is 8.86. The van der Waals surface area contributed by atoms with Gasteiger partial charge in [0, 0.05) is 7.05 Å². The number of amides is 1. The van der Waals surface area contributed by atoms with Crippen molar-refractivity contribution in [3.63, 3.8) is 0 Å².